The maximum Gasteiger partial charge on any atom is 0.274 e. The van der Waals surface area contributed by atoms with Crippen molar-refractivity contribution in [2.24, 2.45) is 5.92 Å². The Kier molecular flexibility index (Phi) is 3.30. The minimum atomic E-state index is -3.23. The fourth-order valence-electron chi connectivity index (χ4n) is 1.94. The summed E-state index contributed by atoms with van der Waals surface area (Å²) < 4.78 is 21.4. The summed E-state index contributed by atoms with van der Waals surface area (Å²) in [6.07, 6.45) is 0.273. The van der Waals surface area contributed by atoms with Crippen LogP contribution in [-0.4, -0.2) is 25.9 Å². The quantitative estimate of drug-likeness (QED) is 0.880. The molecule has 96 valence electrons. The average Bonchev–Trinajstić information content (AvgIpc) is 2.52. The summed E-state index contributed by atoms with van der Waals surface area (Å²) in [5.74, 6) is -0.477. The lowest BCUT2D eigenvalue weighted by atomic mass is 10.1. The van der Waals surface area contributed by atoms with Crippen molar-refractivity contribution in [1.29, 1.82) is 5.26 Å². The van der Waals surface area contributed by atoms with Crippen molar-refractivity contribution in [1.82, 2.24) is 4.31 Å². The first-order valence-electron chi connectivity index (χ1n) is 5.54. The topological polar surface area (TPSA) is 84.6 Å². The summed E-state index contributed by atoms with van der Waals surface area (Å²) >= 11 is 0. The first-order valence-corrected chi connectivity index (χ1v) is 7.05. The molecule has 0 saturated heterocycles. The van der Waals surface area contributed by atoms with Crippen LogP contribution in [0.15, 0.2) is 29.2 Å². The van der Waals surface area contributed by atoms with E-state index >= 15 is 0 Å². The fourth-order valence-corrected chi connectivity index (χ4v) is 3.68. The van der Waals surface area contributed by atoms with Crippen LogP contribution in [0.4, 0.5) is 0 Å². The molecule has 1 aliphatic rings. The molecule has 0 saturated carbocycles. The van der Waals surface area contributed by atoms with Gasteiger partial charge in [-0.3, -0.25) is 13.9 Å². The maximum absolute atomic E-state index is 12.1. The molecule has 0 aromatic heterocycles. The number of nitrogens with zero attached hydrogens (tertiary/aromatic N) is 2. The van der Waals surface area contributed by atoms with E-state index in [-0.39, 0.29) is 29.7 Å². The van der Waals surface area contributed by atoms with Crippen molar-refractivity contribution in [2.75, 3.05) is 6.54 Å². The van der Waals surface area contributed by atoms with Gasteiger partial charge in [0.05, 0.1) is 16.5 Å². The van der Waals surface area contributed by atoms with Gasteiger partial charge < -0.3 is 0 Å². The molecule has 1 heterocycles. The van der Waals surface area contributed by atoms with E-state index < -0.39 is 10.8 Å². The van der Waals surface area contributed by atoms with E-state index in [1.807, 2.05) is 6.07 Å². The molecule has 1 unspecified atom stereocenters. The van der Waals surface area contributed by atoms with E-state index in [1.165, 1.54) is 0 Å². The Bertz CT molecular complexity index is 524. The Balaban J connectivity index is 2.31. The van der Waals surface area contributed by atoms with E-state index in [9.17, 15) is 13.9 Å². The molecule has 18 heavy (non-hydrogen) atoms. The SMILES string of the molecule is CC(CC#N)CN1C(=O)c2ccccc2S1(O)O. The first-order chi connectivity index (χ1) is 8.48. The van der Waals surface area contributed by atoms with E-state index in [0.29, 0.717) is 5.56 Å². The molecule has 1 aromatic rings. The Morgan fingerprint density at radius 2 is 2.11 bits per heavy atom. The highest BCUT2D eigenvalue weighted by atomic mass is 32.3. The minimum absolute atomic E-state index is 0.0977. The third kappa shape index (κ3) is 1.97. The van der Waals surface area contributed by atoms with Crippen molar-refractivity contribution in [2.45, 2.75) is 18.2 Å². The van der Waals surface area contributed by atoms with Gasteiger partial charge in [-0.05, 0) is 18.1 Å². The lowest BCUT2D eigenvalue weighted by Crippen LogP contribution is -2.31. The summed E-state index contributed by atoms with van der Waals surface area (Å²) in [6.45, 7) is 1.97. The maximum atomic E-state index is 12.1. The fraction of sp³-hybridized carbons (Fsp3) is 0.333. The van der Waals surface area contributed by atoms with Gasteiger partial charge in [0, 0.05) is 13.0 Å². The Hall–Kier alpha value is -1.55. The molecule has 6 heteroatoms. The van der Waals surface area contributed by atoms with Crippen LogP contribution in [0.1, 0.15) is 23.7 Å². The molecule has 0 fully saturated rings. The molecule has 1 amide bonds. The zero-order valence-corrected chi connectivity index (χ0v) is 10.7. The third-order valence-corrected chi connectivity index (χ3v) is 4.74. The van der Waals surface area contributed by atoms with Crippen molar-refractivity contribution < 1.29 is 13.9 Å². The Morgan fingerprint density at radius 3 is 2.72 bits per heavy atom. The van der Waals surface area contributed by atoms with Gasteiger partial charge in [-0.1, -0.05) is 29.8 Å². The van der Waals surface area contributed by atoms with Gasteiger partial charge in [0.15, 0.2) is 0 Å². The second-order valence-corrected chi connectivity index (χ2v) is 6.27. The number of carbonyl (C=O) groups excluding carboxylic acids is 1. The first kappa shape index (κ1) is 12.9. The van der Waals surface area contributed by atoms with Crippen LogP contribution >= 0.6 is 10.8 Å². The summed E-state index contributed by atoms with van der Waals surface area (Å²) in [6, 6.07) is 8.51. The van der Waals surface area contributed by atoms with E-state index in [1.54, 1.807) is 31.2 Å². The van der Waals surface area contributed by atoms with Crippen LogP contribution in [0.3, 0.4) is 0 Å². The van der Waals surface area contributed by atoms with Crippen LogP contribution in [0.5, 0.6) is 0 Å². The zero-order valence-electron chi connectivity index (χ0n) is 9.91. The van der Waals surface area contributed by atoms with Crippen molar-refractivity contribution in [3.05, 3.63) is 29.8 Å². The van der Waals surface area contributed by atoms with Crippen LogP contribution in [-0.2, 0) is 0 Å². The van der Waals surface area contributed by atoms with E-state index in [4.69, 9.17) is 5.26 Å². The minimum Gasteiger partial charge on any atom is -0.277 e. The van der Waals surface area contributed by atoms with Crippen LogP contribution in [0.25, 0.3) is 0 Å². The van der Waals surface area contributed by atoms with E-state index in [0.717, 1.165) is 4.31 Å². The number of hydrogen-bond donors (Lipinski definition) is 2. The Morgan fingerprint density at radius 1 is 1.44 bits per heavy atom. The largest absolute Gasteiger partial charge is 0.277 e. The zero-order chi connectivity index (χ0) is 13.3. The summed E-state index contributed by atoms with van der Waals surface area (Å²) in [7, 11) is -3.23. The normalized spacial score (nSPS) is 20.1. The van der Waals surface area contributed by atoms with Gasteiger partial charge in [0.2, 0.25) is 0 Å². The van der Waals surface area contributed by atoms with E-state index in [2.05, 4.69) is 0 Å². The third-order valence-electron chi connectivity index (χ3n) is 2.86. The van der Waals surface area contributed by atoms with Crippen molar-refractivity contribution in [3.8, 4) is 6.07 Å². The number of nitriles is 1. The van der Waals surface area contributed by atoms with Gasteiger partial charge in [-0.25, -0.2) is 4.31 Å². The van der Waals surface area contributed by atoms with Gasteiger partial charge >= 0.3 is 0 Å². The van der Waals surface area contributed by atoms with Crippen LogP contribution < -0.4 is 0 Å². The number of fused-ring (bicyclic) bond motifs is 1. The number of rotatable bonds is 3. The molecular formula is C12H14N2O3S. The van der Waals surface area contributed by atoms with Crippen molar-refractivity contribution >= 4 is 16.7 Å². The number of amides is 1. The molecule has 0 radical (unpaired) electrons. The molecule has 2 N–H and O–H groups in total. The highest BCUT2D eigenvalue weighted by Gasteiger charge is 2.41. The predicted molar refractivity (Wildman–Crippen MR) is 68.0 cm³/mol. The summed E-state index contributed by atoms with van der Waals surface area (Å²) in [5.41, 5.74) is 0.335. The van der Waals surface area contributed by atoms with Gasteiger partial charge in [0.25, 0.3) is 5.91 Å². The lowest BCUT2D eigenvalue weighted by molar-refractivity contribution is 0.0850. The van der Waals surface area contributed by atoms with Gasteiger partial charge in [0.1, 0.15) is 0 Å². The average molecular weight is 266 g/mol. The second kappa shape index (κ2) is 4.61. The number of benzene rings is 1. The molecule has 2 rings (SSSR count). The second-order valence-electron chi connectivity index (χ2n) is 4.35. The molecule has 5 nitrogen and oxygen atoms in total. The Labute approximate surface area is 107 Å². The van der Waals surface area contributed by atoms with Crippen LogP contribution in [0, 0.1) is 17.2 Å². The molecular weight excluding hydrogens is 252 g/mol. The smallest absolute Gasteiger partial charge is 0.274 e. The molecule has 1 aliphatic heterocycles. The monoisotopic (exact) mass is 266 g/mol. The van der Waals surface area contributed by atoms with Gasteiger partial charge in [-0.2, -0.15) is 5.26 Å². The standard InChI is InChI=1S/C12H14N2O3S/c1-9(6-7-13)8-14-12(15)10-4-2-3-5-11(10)18(14,16)17/h2-5,9,16-17H,6,8H2,1H3. The molecule has 0 aliphatic carbocycles. The lowest BCUT2D eigenvalue weighted by Gasteiger charge is -2.37. The molecule has 1 aromatic carbocycles. The molecule has 1 atom stereocenters. The van der Waals surface area contributed by atoms with Gasteiger partial charge in [-0.15, -0.1) is 0 Å². The number of hydrogen-bond acceptors (Lipinski definition) is 4. The van der Waals surface area contributed by atoms with Crippen molar-refractivity contribution in [3.63, 3.8) is 0 Å². The van der Waals surface area contributed by atoms with Crippen LogP contribution in [0.2, 0.25) is 0 Å². The summed E-state index contributed by atoms with van der Waals surface area (Å²) in [5, 5.41) is 8.61. The molecule has 0 spiro atoms. The highest BCUT2D eigenvalue weighted by molar-refractivity contribution is 8.23. The highest BCUT2D eigenvalue weighted by Crippen LogP contribution is 2.58. The molecule has 0 bridgehead atoms. The predicted octanol–water partition coefficient (Wildman–Crippen LogP) is 2.72. The summed E-state index contributed by atoms with van der Waals surface area (Å²) in [4.78, 5) is 12.4. The number of carbonyl (C=O) groups is 1.